The number of imidazole rings is 1. The first kappa shape index (κ1) is 25.2. The number of nitrogens with zero attached hydrogens (tertiary/aromatic N) is 6. The monoisotopic (exact) mass is 559 g/mol. The normalized spacial score (nSPS) is 12.8. The summed E-state index contributed by atoms with van der Waals surface area (Å²) in [7, 11) is 0. The second-order valence-corrected chi connectivity index (χ2v) is 10.6. The topological polar surface area (TPSA) is 92.6 Å². The molecule has 202 valence electrons. The van der Waals surface area contributed by atoms with E-state index in [0.717, 1.165) is 68.8 Å². The average Bonchev–Trinajstić information content (AvgIpc) is 3.73. The molecule has 1 aliphatic rings. The van der Waals surface area contributed by atoms with E-state index in [2.05, 4.69) is 62.4 Å². The summed E-state index contributed by atoms with van der Waals surface area (Å²) in [5, 5.41) is 15.1. The number of anilines is 1. The second-order valence-electron chi connectivity index (χ2n) is 10.2. The lowest BCUT2D eigenvalue weighted by Gasteiger charge is -2.17. The van der Waals surface area contributed by atoms with Crippen LogP contribution in [0.5, 0.6) is 0 Å². The van der Waals surface area contributed by atoms with E-state index in [-0.39, 0.29) is 5.91 Å². The number of H-pyrrole nitrogens is 1. The van der Waals surface area contributed by atoms with Crippen LogP contribution in [0.2, 0.25) is 5.02 Å². The largest absolute Gasteiger partial charge is 0.323 e. The molecule has 7 rings (SSSR count). The van der Waals surface area contributed by atoms with Gasteiger partial charge >= 0.3 is 0 Å². The van der Waals surface area contributed by atoms with Gasteiger partial charge in [-0.05, 0) is 52.1 Å². The summed E-state index contributed by atoms with van der Waals surface area (Å²) in [4.78, 5) is 20.0. The highest BCUT2D eigenvalue weighted by atomic mass is 35.5. The third-order valence-electron chi connectivity index (χ3n) is 7.60. The Hall–Kier alpha value is -4.82. The molecule has 6 aromatic rings. The summed E-state index contributed by atoms with van der Waals surface area (Å²) in [6.45, 7) is 3.30. The summed E-state index contributed by atoms with van der Waals surface area (Å²) >= 11 is 6.80. The van der Waals surface area contributed by atoms with Crippen molar-refractivity contribution in [3.8, 4) is 22.5 Å². The van der Waals surface area contributed by atoms with Gasteiger partial charge in [-0.2, -0.15) is 5.21 Å². The van der Waals surface area contributed by atoms with Crippen molar-refractivity contribution in [3.63, 3.8) is 0 Å². The van der Waals surface area contributed by atoms with Gasteiger partial charge in [-0.1, -0.05) is 85.3 Å². The average molecular weight is 560 g/mol. The van der Waals surface area contributed by atoms with Gasteiger partial charge in [0.2, 0.25) is 5.82 Å². The number of amides is 1. The first-order chi connectivity index (χ1) is 20.1. The summed E-state index contributed by atoms with van der Waals surface area (Å²) in [6, 6.07) is 28.2. The van der Waals surface area contributed by atoms with Gasteiger partial charge in [0.25, 0.3) is 5.91 Å². The number of hydrogen-bond donors (Lipinski definition) is 1. The lowest BCUT2D eigenvalue weighted by molar-refractivity contribution is 0.0996. The molecule has 41 heavy (non-hydrogen) atoms. The molecule has 1 aliphatic heterocycles. The summed E-state index contributed by atoms with van der Waals surface area (Å²) in [6.07, 6.45) is 1.78. The Kier molecular flexibility index (Phi) is 6.32. The van der Waals surface area contributed by atoms with E-state index in [9.17, 15) is 4.79 Å². The fraction of sp³-hybridized carbons (Fsp3) is 0.156. The molecule has 0 radical (unpaired) electrons. The molecular formula is C32H26ClN7O. The van der Waals surface area contributed by atoms with Crippen molar-refractivity contribution < 1.29 is 4.79 Å². The highest BCUT2D eigenvalue weighted by molar-refractivity contribution is 6.35. The number of fused-ring (bicyclic) bond motifs is 2. The Bertz CT molecular complexity index is 1890. The van der Waals surface area contributed by atoms with E-state index in [0.29, 0.717) is 23.9 Å². The predicted molar refractivity (Wildman–Crippen MR) is 160 cm³/mol. The number of benzene rings is 4. The first-order valence-electron chi connectivity index (χ1n) is 13.6. The molecule has 0 saturated heterocycles. The van der Waals surface area contributed by atoms with Crippen molar-refractivity contribution in [1.29, 1.82) is 0 Å². The number of halogens is 1. The fourth-order valence-corrected chi connectivity index (χ4v) is 5.85. The van der Waals surface area contributed by atoms with Crippen LogP contribution in [-0.4, -0.2) is 36.1 Å². The molecule has 0 bridgehead atoms. The molecule has 0 fully saturated rings. The molecule has 0 spiro atoms. The van der Waals surface area contributed by atoms with Gasteiger partial charge in [-0.15, -0.1) is 10.2 Å². The van der Waals surface area contributed by atoms with E-state index < -0.39 is 0 Å². The van der Waals surface area contributed by atoms with Gasteiger partial charge in [-0.3, -0.25) is 4.79 Å². The summed E-state index contributed by atoms with van der Waals surface area (Å²) in [5.41, 5.74) is 8.37. The Morgan fingerprint density at radius 3 is 2.41 bits per heavy atom. The van der Waals surface area contributed by atoms with Crippen LogP contribution in [0.15, 0.2) is 84.9 Å². The van der Waals surface area contributed by atoms with Crippen molar-refractivity contribution in [1.82, 2.24) is 30.2 Å². The molecule has 0 unspecified atom stereocenters. The van der Waals surface area contributed by atoms with Crippen LogP contribution in [0.3, 0.4) is 0 Å². The van der Waals surface area contributed by atoms with E-state index >= 15 is 0 Å². The summed E-state index contributed by atoms with van der Waals surface area (Å²) in [5.74, 6) is 1.53. The van der Waals surface area contributed by atoms with Crippen LogP contribution >= 0.6 is 11.6 Å². The number of aryl methyl sites for hydroxylation is 1. The number of rotatable bonds is 7. The number of nitrogens with one attached hydrogen (secondary N) is 1. The van der Waals surface area contributed by atoms with Crippen LogP contribution in [0.4, 0.5) is 5.69 Å². The van der Waals surface area contributed by atoms with E-state index in [1.807, 2.05) is 54.6 Å². The van der Waals surface area contributed by atoms with Gasteiger partial charge in [-0.25, -0.2) is 4.98 Å². The van der Waals surface area contributed by atoms with Crippen LogP contribution in [0.1, 0.15) is 40.7 Å². The molecule has 1 N–H and O–H groups in total. The number of tetrazole rings is 1. The Morgan fingerprint density at radius 1 is 0.927 bits per heavy atom. The smallest absolute Gasteiger partial charge is 0.258 e. The SMILES string of the molecule is CCCc1nc2c(Cl)cc(N3Cc4ccccc4C3=O)cc2n1Cc1ccc(-c2ccccc2-c2nn[nH]n2)cc1. The van der Waals surface area contributed by atoms with Gasteiger partial charge in [0.05, 0.1) is 17.1 Å². The molecule has 0 atom stereocenters. The van der Waals surface area contributed by atoms with Gasteiger partial charge in [0.15, 0.2) is 0 Å². The molecule has 1 amide bonds. The standard InChI is InChI=1S/C32H26ClN7O/c1-2-7-29-34-30-27(33)16-23(39-19-22-8-3-4-10-25(22)32(39)41)17-28(30)40(29)18-20-12-14-21(15-13-20)24-9-5-6-11-26(24)31-35-37-38-36-31/h3-6,8-17H,2,7,18-19H2,1H3,(H,35,36,37,38). The van der Waals surface area contributed by atoms with Crippen LogP contribution in [0.25, 0.3) is 33.5 Å². The maximum Gasteiger partial charge on any atom is 0.258 e. The van der Waals surface area contributed by atoms with E-state index in [4.69, 9.17) is 16.6 Å². The maximum absolute atomic E-state index is 13.2. The minimum atomic E-state index is -0.00689. The molecule has 9 heteroatoms. The third kappa shape index (κ3) is 4.46. The van der Waals surface area contributed by atoms with Crippen molar-refractivity contribution in [2.45, 2.75) is 32.9 Å². The highest BCUT2D eigenvalue weighted by Gasteiger charge is 2.29. The molecule has 0 aliphatic carbocycles. The second kappa shape index (κ2) is 10.3. The van der Waals surface area contributed by atoms with Crippen molar-refractivity contribution in [2.75, 3.05) is 4.90 Å². The Morgan fingerprint density at radius 2 is 1.68 bits per heavy atom. The lowest BCUT2D eigenvalue weighted by Crippen LogP contribution is -2.23. The number of aromatic nitrogens is 6. The molecule has 2 aromatic heterocycles. The molecular weight excluding hydrogens is 534 g/mol. The molecule has 0 saturated carbocycles. The van der Waals surface area contributed by atoms with Crippen LogP contribution in [0, 0.1) is 0 Å². The third-order valence-corrected chi connectivity index (χ3v) is 7.88. The number of aromatic amines is 1. The Labute approximate surface area is 241 Å². The fourth-order valence-electron chi connectivity index (χ4n) is 5.60. The molecule has 3 heterocycles. The first-order valence-corrected chi connectivity index (χ1v) is 14.0. The van der Waals surface area contributed by atoms with Gasteiger partial charge < -0.3 is 9.47 Å². The lowest BCUT2D eigenvalue weighted by atomic mass is 9.98. The zero-order valence-electron chi connectivity index (χ0n) is 22.4. The van der Waals surface area contributed by atoms with E-state index in [1.165, 1.54) is 0 Å². The number of carbonyl (C=O) groups excluding carboxylic acids is 1. The summed E-state index contributed by atoms with van der Waals surface area (Å²) < 4.78 is 2.23. The van der Waals surface area contributed by atoms with Gasteiger partial charge in [0.1, 0.15) is 11.3 Å². The van der Waals surface area contributed by atoms with Crippen molar-refractivity contribution >= 4 is 34.2 Å². The quantitative estimate of drug-likeness (QED) is 0.235. The van der Waals surface area contributed by atoms with Crippen LogP contribution in [-0.2, 0) is 19.5 Å². The minimum Gasteiger partial charge on any atom is -0.323 e. The van der Waals surface area contributed by atoms with Crippen molar-refractivity contribution in [3.05, 3.63) is 112 Å². The number of hydrogen-bond acceptors (Lipinski definition) is 5. The molecule has 8 nitrogen and oxygen atoms in total. The Balaban J connectivity index is 1.24. The molecule has 4 aromatic carbocycles. The zero-order chi connectivity index (χ0) is 27.9. The van der Waals surface area contributed by atoms with Gasteiger partial charge in [0, 0.05) is 29.8 Å². The zero-order valence-corrected chi connectivity index (χ0v) is 23.1. The maximum atomic E-state index is 13.2. The van der Waals surface area contributed by atoms with Crippen molar-refractivity contribution in [2.24, 2.45) is 0 Å². The predicted octanol–water partition coefficient (Wildman–Crippen LogP) is 6.70. The number of carbonyl (C=O) groups is 1. The van der Waals surface area contributed by atoms with E-state index in [1.54, 1.807) is 4.90 Å². The minimum absolute atomic E-state index is 0.00689. The van der Waals surface area contributed by atoms with Crippen LogP contribution < -0.4 is 4.90 Å². The highest BCUT2D eigenvalue weighted by Crippen LogP contribution is 2.35.